The van der Waals surface area contributed by atoms with E-state index in [2.05, 4.69) is 15.6 Å². The number of aromatic amines is 1. The van der Waals surface area contributed by atoms with Crippen LogP contribution < -0.4 is 16.2 Å². The number of likely N-dealkylation sites (tertiary alicyclic amines) is 1. The molecule has 2 aromatic heterocycles. The minimum atomic E-state index is -0.523. The van der Waals surface area contributed by atoms with Gasteiger partial charge in [0.2, 0.25) is 0 Å². The van der Waals surface area contributed by atoms with Crippen LogP contribution in [0.25, 0.3) is 16.6 Å². The molecule has 200 valence electrons. The van der Waals surface area contributed by atoms with E-state index in [-0.39, 0.29) is 36.5 Å². The highest BCUT2D eigenvalue weighted by molar-refractivity contribution is 6.35. The van der Waals surface area contributed by atoms with Gasteiger partial charge >= 0.3 is 6.03 Å². The lowest BCUT2D eigenvalue weighted by atomic mass is 10.1. The Morgan fingerprint density at radius 1 is 0.923 bits per heavy atom. The molecule has 0 unspecified atom stereocenters. The number of urea groups is 1. The molecule has 4 amide bonds. The van der Waals surface area contributed by atoms with Crippen molar-refractivity contribution in [2.24, 2.45) is 0 Å². The zero-order valence-corrected chi connectivity index (χ0v) is 22.1. The first-order valence-corrected chi connectivity index (χ1v) is 12.7. The van der Waals surface area contributed by atoms with Gasteiger partial charge in [-0.05, 0) is 42.5 Å². The predicted molar refractivity (Wildman–Crippen MR) is 149 cm³/mol. The molecule has 11 heteroatoms. The standard InChI is InChI=1S/C28H27ClN6O4/c1-33(2)28(39)34-15-23(24(16-34)32-27(38)18-8-11-20-21(29)14-30-22(20)13-18)31-26(37)17-6-9-19(10-7-17)35-12-4-3-5-25(35)36/h3-14,23-24,30H,15-16H2,1-2H3,(H,31,37)(H,32,38)/t23-,24+/m0/s1. The molecule has 2 atom stereocenters. The summed E-state index contributed by atoms with van der Waals surface area (Å²) in [6.07, 6.45) is 3.31. The molecule has 1 aliphatic heterocycles. The van der Waals surface area contributed by atoms with Crippen LogP contribution in [0.15, 0.2) is 77.9 Å². The van der Waals surface area contributed by atoms with E-state index in [0.29, 0.717) is 21.8 Å². The van der Waals surface area contributed by atoms with Crippen molar-refractivity contribution >= 4 is 40.3 Å². The van der Waals surface area contributed by atoms with Gasteiger partial charge < -0.3 is 25.4 Å². The molecule has 4 aromatic rings. The summed E-state index contributed by atoms with van der Waals surface area (Å²) in [4.78, 5) is 57.2. The Kier molecular flexibility index (Phi) is 7.12. The van der Waals surface area contributed by atoms with Gasteiger partial charge in [-0.25, -0.2) is 4.79 Å². The quantitative estimate of drug-likeness (QED) is 0.356. The molecule has 0 bridgehead atoms. The lowest BCUT2D eigenvalue weighted by Crippen LogP contribution is -2.51. The Balaban J connectivity index is 1.33. The highest BCUT2D eigenvalue weighted by atomic mass is 35.5. The van der Waals surface area contributed by atoms with E-state index in [4.69, 9.17) is 11.6 Å². The summed E-state index contributed by atoms with van der Waals surface area (Å²) in [6, 6.07) is 15.4. The Morgan fingerprint density at radius 3 is 2.21 bits per heavy atom. The molecule has 3 heterocycles. The number of hydrogen-bond donors (Lipinski definition) is 3. The maximum absolute atomic E-state index is 13.2. The van der Waals surface area contributed by atoms with Gasteiger partial charge in [0.1, 0.15) is 0 Å². The van der Waals surface area contributed by atoms with Crippen LogP contribution in [0.4, 0.5) is 4.79 Å². The number of aromatic nitrogens is 2. The topological polar surface area (TPSA) is 120 Å². The third-order valence-corrected chi connectivity index (χ3v) is 7.04. The molecule has 10 nitrogen and oxygen atoms in total. The number of carbonyl (C=O) groups is 3. The number of rotatable bonds is 5. The summed E-state index contributed by atoms with van der Waals surface area (Å²) in [6.45, 7) is 0.469. The Hall–Kier alpha value is -4.57. The number of benzene rings is 2. The first-order valence-electron chi connectivity index (χ1n) is 12.3. The van der Waals surface area contributed by atoms with Crippen LogP contribution >= 0.6 is 11.6 Å². The lowest BCUT2D eigenvalue weighted by molar-refractivity contribution is 0.0897. The number of nitrogens with zero attached hydrogens (tertiary/aromatic N) is 3. The zero-order chi connectivity index (χ0) is 27.7. The van der Waals surface area contributed by atoms with Crippen molar-refractivity contribution in [2.45, 2.75) is 12.1 Å². The fraction of sp³-hybridized carbons (Fsp3) is 0.214. The van der Waals surface area contributed by atoms with Crippen molar-refractivity contribution in [2.75, 3.05) is 27.2 Å². The number of amides is 4. The normalized spacial score (nSPS) is 16.7. The summed E-state index contributed by atoms with van der Waals surface area (Å²) in [5, 5.41) is 7.33. The molecule has 1 fully saturated rings. The van der Waals surface area contributed by atoms with Crippen LogP contribution in [0, 0.1) is 0 Å². The highest BCUT2D eigenvalue weighted by Gasteiger charge is 2.38. The molecule has 0 radical (unpaired) electrons. The maximum Gasteiger partial charge on any atom is 0.319 e. The molecule has 5 rings (SSSR count). The van der Waals surface area contributed by atoms with E-state index in [0.717, 1.165) is 10.9 Å². The van der Waals surface area contributed by atoms with Crippen LogP contribution in [0.2, 0.25) is 5.02 Å². The zero-order valence-electron chi connectivity index (χ0n) is 21.3. The molecule has 39 heavy (non-hydrogen) atoms. The Morgan fingerprint density at radius 2 is 1.56 bits per heavy atom. The fourth-order valence-electron chi connectivity index (χ4n) is 4.68. The second kappa shape index (κ2) is 10.7. The van der Waals surface area contributed by atoms with Gasteiger partial charge in [-0.1, -0.05) is 23.7 Å². The Bertz CT molecular complexity index is 1610. The molecule has 1 aliphatic rings. The fourth-order valence-corrected chi connectivity index (χ4v) is 4.90. The molecular formula is C28H27ClN6O4. The lowest BCUT2D eigenvalue weighted by Gasteiger charge is -2.21. The smallest absolute Gasteiger partial charge is 0.319 e. The van der Waals surface area contributed by atoms with Gasteiger partial charge in [-0.15, -0.1) is 0 Å². The maximum atomic E-state index is 13.2. The average Bonchev–Trinajstić information content (AvgIpc) is 3.51. The summed E-state index contributed by atoms with van der Waals surface area (Å²) < 4.78 is 1.48. The number of halogens is 1. The van der Waals surface area contributed by atoms with Crippen molar-refractivity contribution < 1.29 is 14.4 Å². The van der Waals surface area contributed by atoms with Gasteiger partial charge in [0, 0.05) is 73.4 Å². The number of hydrogen-bond acceptors (Lipinski definition) is 4. The van der Waals surface area contributed by atoms with Crippen LogP contribution in [0.1, 0.15) is 20.7 Å². The number of pyridine rings is 1. The third-order valence-electron chi connectivity index (χ3n) is 6.73. The van der Waals surface area contributed by atoms with Gasteiger partial charge in [0.05, 0.1) is 17.1 Å². The molecule has 0 aliphatic carbocycles. The van der Waals surface area contributed by atoms with Crippen LogP contribution in [-0.4, -0.2) is 76.5 Å². The third kappa shape index (κ3) is 5.37. The number of fused-ring (bicyclic) bond motifs is 1. The van der Waals surface area contributed by atoms with Gasteiger partial charge in [0.15, 0.2) is 0 Å². The number of carbonyl (C=O) groups excluding carboxylic acids is 3. The van der Waals surface area contributed by atoms with E-state index < -0.39 is 12.1 Å². The monoisotopic (exact) mass is 546 g/mol. The SMILES string of the molecule is CN(C)C(=O)N1C[C@H](NC(=O)c2ccc(-n3ccccc3=O)cc2)[C@H](NC(=O)c2ccc3c(Cl)c[nH]c3c2)C1. The predicted octanol–water partition coefficient (Wildman–Crippen LogP) is 2.87. The van der Waals surface area contributed by atoms with Crippen LogP contribution in [0.5, 0.6) is 0 Å². The summed E-state index contributed by atoms with van der Waals surface area (Å²) in [5.74, 6) is -0.684. The molecule has 3 N–H and O–H groups in total. The summed E-state index contributed by atoms with van der Waals surface area (Å²) in [7, 11) is 3.30. The van der Waals surface area contributed by atoms with Crippen LogP contribution in [0.3, 0.4) is 0 Å². The van der Waals surface area contributed by atoms with E-state index in [1.807, 2.05) is 0 Å². The number of nitrogens with one attached hydrogen (secondary N) is 3. The van der Waals surface area contributed by atoms with Gasteiger partial charge in [0.25, 0.3) is 17.4 Å². The Labute approximate surface area is 229 Å². The van der Waals surface area contributed by atoms with Crippen LogP contribution in [-0.2, 0) is 0 Å². The van der Waals surface area contributed by atoms with E-state index in [1.165, 1.54) is 15.5 Å². The minimum absolute atomic E-state index is 0.177. The molecule has 0 saturated carbocycles. The first kappa shape index (κ1) is 26.1. The summed E-state index contributed by atoms with van der Waals surface area (Å²) >= 11 is 6.15. The first-order chi connectivity index (χ1) is 18.7. The van der Waals surface area contributed by atoms with Crippen molar-refractivity contribution in [3.8, 4) is 5.69 Å². The van der Waals surface area contributed by atoms with Crippen molar-refractivity contribution in [3.05, 3.63) is 99.6 Å². The van der Waals surface area contributed by atoms with E-state index in [9.17, 15) is 19.2 Å². The second-order valence-electron chi connectivity index (χ2n) is 9.59. The van der Waals surface area contributed by atoms with E-state index >= 15 is 0 Å². The van der Waals surface area contributed by atoms with Crippen molar-refractivity contribution in [3.63, 3.8) is 0 Å². The second-order valence-corrected chi connectivity index (χ2v) is 10.0. The molecule has 0 spiro atoms. The van der Waals surface area contributed by atoms with E-state index in [1.54, 1.807) is 86.0 Å². The largest absolute Gasteiger partial charge is 0.360 e. The molecule has 2 aromatic carbocycles. The molecule has 1 saturated heterocycles. The minimum Gasteiger partial charge on any atom is -0.360 e. The van der Waals surface area contributed by atoms with Crippen molar-refractivity contribution in [1.29, 1.82) is 0 Å². The summed E-state index contributed by atoms with van der Waals surface area (Å²) in [5.41, 5.74) is 2.00. The number of H-pyrrole nitrogens is 1. The molecular weight excluding hydrogens is 520 g/mol. The highest BCUT2D eigenvalue weighted by Crippen LogP contribution is 2.24. The van der Waals surface area contributed by atoms with Gasteiger partial charge in [-0.2, -0.15) is 0 Å². The van der Waals surface area contributed by atoms with Crippen molar-refractivity contribution in [1.82, 2.24) is 30.0 Å². The average molecular weight is 547 g/mol. The van der Waals surface area contributed by atoms with Gasteiger partial charge in [-0.3, -0.25) is 19.0 Å².